The number of nitrogens with one attached hydrogen (secondary N) is 1. The lowest BCUT2D eigenvalue weighted by Gasteiger charge is -2.11. The lowest BCUT2D eigenvalue weighted by molar-refractivity contribution is -0.113. The molecule has 0 saturated heterocycles. The van der Waals surface area contributed by atoms with Gasteiger partial charge in [-0.2, -0.15) is 0 Å². The molecule has 1 heterocycles. The van der Waals surface area contributed by atoms with E-state index in [9.17, 15) is 14.4 Å². The van der Waals surface area contributed by atoms with Crippen molar-refractivity contribution in [3.05, 3.63) is 64.4 Å². The average Bonchev–Trinajstić information content (AvgIpc) is 2.78. The normalized spacial score (nSPS) is 10.8. The summed E-state index contributed by atoms with van der Waals surface area (Å²) in [4.78, 5) is 41.5. The predicted molar refractivity (Wildman–Crippen MR) is 123 cm³/mol. The molecule has 1 amide bonds. The minimum atomic E-state index is -0.373. The topological polar surface area (TPSA) is 90.3 Å². The summed E-state index contributed by atoms with van der Waals surface area (Å²) in [6.45, 7) is 4.77. The third-order valence-electron chi connectivity index (χ3n) is 4.61. The van der Waals surface area contributed by atoms with Gasteiger partial charge in [-0.3, -0.25) is 14.2 Å². The molecular weight excluding hydrogens is 414 g/mol. The minimum absolute atomic E-state index is 0.103. The maximum Gasteiger partial charge on any atom is 0.338 e. The van der Waals surface area contributed by atoms with Crippen molar-refractivity contribution in [3.8, 4) is 0 Å². The van der Waals surface area contributed by atoms with Crippen molar-refractivity contribution in [3.63, 3.8) is 0 Å². The number of fused-ring (bicyclic) bond motifs is 1. The number of hydrogen-bond acceptors (Lipinski definition) is 6. The summed E-state index contributed by atoms with van der Waals surface area (Å²) >= 11 is 1.21. The van der Waals surface area contributed by atoms with E-state index < -0.39 is 0 Å². The number of ether oxygens (including phenoxy) is 1. The van der Waals surface area contributed by atoms with Gasteiger partial charge >= 0.3 is 5.97 Å². The van der Waals surface area contributed by atoms with E-state index in [-0.39, 0.29) is 23.2 Å². The van der Waals surface area contributed by atoms with E-state index in [1.165, 1.54) is 11.8 Å². The Morgan fingerprint density at radius 3 is 2.55 bits per heavy atom. The van der Waals surface area contributed by atoms with Crippen molar-refractivity contribution in [1.82, 2.24) is 9.55 Å². The Balaban J connectivity index is 1.62. The standard InChI is InChI=1S/C23H25N3O4S/c1-3-5-14-30-22(29)16-10-12-17(13-11-16)24-20(27)15-31-23-25-19-9-7-6-8-18(19)21(28)26(23)4-2/h6-13H,3-5,14-15H2,1-2H3,(H,24,27). The number of para-hydroxylation sites is 1. The highest BCUT2D eigenvalue weighted by atomic mass is 32.2. The smallest absolute Gasteiger partial charge is 0.338 e. The number of nitrogens with zero attached hydrogens (tertiary/aromatic N) is 2. The van der Waals surface area contributed by atoms with Gasteiger partial charge in [0.2, 0.25) is 5.91 Å². The van der Waals surface area contributed by atoms with E-state index in [1.807, 2.05) is 26.0 Å². The number of thioether (sulfide) groups is 1. The van der Waals surface area contributed by atoms with Crippen LogP contribution < -0.4 is 10.9 Å². The third kappa shape index (κ3) is 5.73. The molecule has 2 aromatic carbocycles. The molecule has 0 spiro atoms. The zero-order chi connectivity index (χ0) is 22.2. The molecule has 8 heteroatoms. The minimum Gasteiger partial charge on any atom is -0.462 e. The molecule has 0 aliphatic rings. The second-order valence-corrected chi connectivity index (χ2v) is 7.81. The average molecular weight is 440 g/mol. The zero-order valence-electron chi connectivity index (χ0n) is 17.6. The Morgan fingerprint density at radius 2 is 1.84 bits per heavy atom. The molecule has 162 valence electrons. The summed E-state index contributed by atoms with van der Waals surface area (Å²) in [5.41, 5.74) is 1.52. The third-order valence-corrected chi connectivity index (χ3v) is 5.59. The maximum atomic E-state index is 12.7. The Hall–Kier alpha value is -3.13. The second-order valence-electron chi connectivity index (χ2n) is 6.86. The van der Waals surface area contributed by atoms with Crippen LogP contribution in [0.2, 0.25) is 0 Å². The summed E-state index contributed by atoms with van der Waals surface area (Å²) in [7, 11) is 0. The molecule has 0 atom stereocenters. The Kier molecular flexibility index (Phi) is 7.83. The van der Waals surface area contributed by atoms with Crippen molar-refractivity contribution >= 4 is 40.2 Å². The molecule has 7 nitrogen and oxygen atoms in total. The van der Waals surface area contributed by atoms with Crippen LogP contribution in [0.15, 0.2) is 58.5 Å². The van der Waals surface area contributed by atoms with Gasteiger partial charge < -0.3 is 10.1 Å². The SMILES string of the molecule is CCCCOC(=O)c1ccc(NC(=O)CSc2nc3ccccc3c(=O)n2CC)cc1. The fraction of sp³-hybridized carbons (Fsp3) is 0.304. The summed E-state index contributed by atoms with van der Waals surface area (Å²) in [5, 5.41) is 3.86. The number of carbonyl (C=O) groups is 2. The van der Waals surface area contributed by atoms with Crippen LogP contribution in [0.3, 0.4) is 0 Å². The molecule has 0 bridgehead atoms. The van der Waals surface area contributed by atoms with Gasteiger partial charge in [0, 0.05) is 12.2 Å². The van der Waals surface area contributed by atoms with Crippen molar-refractivity contribution in [2.24, 2.45) is 0 Å². The first kappa shape index (κ1) is 22.6. The van der Waals surface area contributed by atoms with Gasteiger partial charge in [0.25, 0.3) is 5.56 Å². The Bertz CT molecular complexity index is 1130. The Labute approximate surface area is 184 Å². The molecule has 0 radical (unpaired) electrons. The molecule has 0 unspecified atom stereocenters. The molecule has 31 heavy (non-hydrogen) atoms. The van der Waals surface area contributed by atoms with E-state index in [0.29, 0.717) is 40.5 Å². The number of unbranched alkanes of at least 4 members (excludes halogenated alkanes) is 1. The van der Waals surface area contributed by atoms with Crippen LogP contribution in [0.25, 0.3) is 10.9 Å². The molecule has 1 aromatic heterocycles. The van der Waals surface area contributed by atoms with E-state index in [2.05, 4.69) is 10.3 Å². The fourth-order valence-corrected chi connectivity index (χ4v) is 3.81. The van der Waals surface area contributed by atoms with Crippen LogP contribution >= 0.6 is 11.8 Å². The zero-order valence-corrected chi connectivity index (χ0v) is 18.4. The monoisotopic (exact) mass is 439 g/mol. The summed E-state index contributed by atoms with van der Waals surface area (Å²) in [5.74, 6) is -0.499. The maximum absolute atomic E-state index is 12.7. The quantitative estimate of drug-likeness (QED) is 0.234. The number of amides is 1. The number of esters is 1. The lowest BCUT2D eigenvalue weighted by Crippen LogP contribution is -2.23. The van der Waals surface area contributed by atoms with Gasteiger partial charge in [-0.25, -0.2) is 9.78 Å². The highest BCUT2D eigenvalue weighted by molar-refractivity contribution is 7.99. The number of benzene rings is 2. The largest absolute Gasteiger partial charge is 0.462 e. The molecule has 0 saturated carbocycles. The van der Waals surface area contributed by atoms with Crippen LogP contribution in [-0.2, 0) is 16.1 Å². The number of anilines is 1. The number of hydrogen-bond donors (Lipinski definition) is 1. The van der Waals surface area contributed by atoms with Crippen molar-refractivity contribution in [1.29, 1.82) is 0 Å². The number of aromatic nitrogens is 2. The van der Waals surface area contributed by atoms with Crippen LogP contribution in [0.5, 0.6) is 0 Å². The number of carbonyl (C=O) groups excluding carboxylic acids is 2. The first-order valence-corrected chi connectivity index (χ1v) is 11.2. The fourth-order valence-electron chi connectivity index (χ4n) is 2.95. The molecule has 3 aromatic rings. The van der Waals surface area contributed by atoms with Crippen LogP contribution in [0.1, 0.15) is 37.0 Å². The number of rotatable bonds is 9. The summed E-state index contributed by atoms with van der Waals surface area (Å²) < 4.78 is 6.74. The molecular formula is C23H25N3O4S. The van der Waals surface area contributed by atoms with Crippen molar-refractivity contribution in [2.75, 3.05) is 17.7 Å². The Morgan fingerprint density at radius 1 is 1.10 bits per heavy atom. The van der Waals surface area contributed by atoms with Gasteiger partial charge in [-0.1, -0.05) is 37.2 Å². The molecule has 0 aliphatic carbocycles. The first-order valence-electron chi connectivity index (χ1n) is 10.2. The van der Waals surface area contributed by atoms with Gasteiger partial charge in [-0.05, 0) is 49.7 Å². The van der Waals surface area contributed by atoms with E-state index >= 15 is 0 Å². The molecule has 0 aliphatic heterocycles. The summed E-state index contributed by atoms with van der Waals surface area (Å²) in [6.07, 6.45) is 1.79. The van der Waals surface area contributed by atoms with Gasteiger partial charge in [0.05, 0.1) is 28.8 Å². The molecule has 1 N–H and O–H groups in total. The molecule has 3 rings (SSSR count). The van der Waals surface area contributed by atoms with Gasteiger partial charge in [-0.15, -0.1) is 0 Å². The highest BCUT2D eigenvalue weighted by Gasteiger charge is 2.13. The van der Waals surface area contributed by atoms with Crippen molar-refractivity contribution < 1.29 is 14.3 Å². The van der Waals surface area contributed by atoms with E-state index in [4.69, 9.17) is 4.74 Å². The van der Waals surface area contributed by atoms with Crippen molar-refractivity contribution in [2.45, 2.75) is 38.4 Å². The van der Waals surface area contributed by atoms with E-state index in [0.717, 1.165) is 12.8 Å². The second kappa shape index (κ2) is 10.8. The van der Waals surface area contributed by atoms with Gasteiger partial charge in [0.1, 0.15) is 0 Å². The van der Waals surface area contributed by atoms with Crippen LogP contribution in [0.4, 0.5) is 5.69 Å². The van der Waals surface area contributed by atoms with Crippen LogP contribution in [0, 0.1) is 0 Å². The van der Waals surface area contributed by atoms with E-state index in [1.54, 1.807) is 41.0 Å². The predicted octanol–water partition coefficient (Wildman–Crippen LogP) is 4.10. The first-order chi connectivity index (χ1) is 15.0. The van der Waals surface area contributed by atoms with Gasteiger partial charge in [0.15, 0.2) is 5.16 Å². The summed E-state index contributed by atoms with van der Waals surface area (Å²) in [6, 6.07) is 13.7. The lowest BCUT2D eigenvalue weighted by atomic mass is 10.2. The molecule has 0 fully saturated rings. The van der Waals surface area contributed by atoms with Crippen LogP contribution in [-0.4, -0.2) is 33.8 Å². The highest BCUT2D eigenvalue weighted by Crippen LogP contribution is 2.18.